The Balaban J connectivity index is 2.21. The van der Waals surface area contributed by atoms with Crippen molar-refractivity contribution in [3.8, 4) is 10.7 Å². The van der Waals surface area contributed by atoms with Gasteiger partial charge in [0.2, 0.25) is 5.91 Å². The van der Waals surface area contributed by atoms with Crippen LogP contribution in [0.25, 0.3) is 10.7 Å². The van der Waals surface area contributed by atoms with E-state index in [-0.39, 0.29) is 12.5 Å². The molecule has 0 radical (unpaired) electrons. The van der Waals surface area contributed by atoms with Crippen LogP contribution in [0.1, 0.15) is 6.92 Å². The highest BCUT2D eigenvalue weighted by Gasteiger charge is 2.20. The van der Waals surface area contributed by atoms with Crippen LogP contribution in [0.3, 0.4) is 0 Å². The molecule has 2 heterocycles. The summed E-state index contributed by atoms with van der Waals surface area (Å²) < 4.78 is 1.72. The van der Waals surface area contributed by atoms with Crippen LogP contribution in [-0.4, -0.2) is 32.6 Å². The van der Waals surface area contributed by atoms with Crippen molar-refractivity contribution in [1.82, 2.24) is 14.9 Å². The molecule has 19 heavy (non-hydrogen) atoms. The minimum Gasteiger partial charge on any atom is -0.480 e. The molecule has 2 aromatic heterocycles. The molecule has 0 spiro atoms. The molecule has 0 aromatic carbocycles. The topological polar surface area (TPSA) is 84.2 Å². The Kier molecular flexibility index (Phi) is 3.96. The van der Waals surface area contributed by atoms with Crippen molar-refractivity contribution in [2.75, 3.05) is 0 Å². The van der Waals surface area contributed by atoms with Crippen molar-refractivity contribution < 1.29 is 14.7 Å². The third-order valence-electron chi connectivity index (χ3n) is 2.51. The van der Waals surface area contributed by atoms with E-state index in [0.29, 0.717) is 5.82 Å². The highest BCUT2D eigenvalue weighted by atomic mass is 32.1. The van der Waals surface area contributed by atoms with E-state index in [1.54, 1.807) is 17.0 Å². The maximum Gasteiger partial charge on any atom is 0.328 e. The van der Waals surface area contributed by atoms with Gasteiger partial charge in [-0.2, -0.15) is 0 Å². The SMILES string of the molecule is CC(=O)NC(Cn1ccnc1-c1cccs1)C(=O)O. The standard InChI is InChI=1S/C12H13N3O3S/c1-8(16)14-9(12(17)18)7-15-5-4-13-11(15)10-3-2-6-19-10/h2-6,9H,7H2,1H3,(H,14,16)(H,17,18). The number of carboxylic acids is 1. The van der Waals surface area contributed by atoms with Crippen LogP contribution < -0.4 is 5.32 Å². The highest BCUT2D eigenvalue weighted by Crippen LogP contribution is 2.22. The van der Waals surface area contributed by atoms with E-state index >= 15 is 0 Å². The molecule has 1 amide bonds. The maximum atomic E-state index is 11.1. The molecule has 1 unspecified atom stereocenters. The van der Waals surface area contributed by atoms with Crippen LogP contribution in [0, 0.1) is 0 Å². The monoisotopic (exact) mass is 279 g/mol. The van der Waals surface area contributed by atoms with Crippen LogP contribution in [0.15, 0.2) is 29.9 Å². The molecule has 6 nitrogen and oxygen atoms in total. The lowest BCUT2D eigenvalue weighted by Gasteiger charge is -2.15. The van der Waals surface area contributed by atoms with Crippen LogP contribution in [-0.2, 0) is 16.1 Å². The van der Waals surface area contributed by atoms with Gasteiger partial charge in [0, 0.05) is 19.3 Å². The lowest BCUT2D eigenvalue weighted by atomic mass is 10.3. The van der Waals surface area contributed by atoms with E-state index in [4.69, 9.17) is 5.11 Å². The largest absolute Gasteiger partial charge is 0.480 e. The van der Waals surface area contributed by atoms with Crippen molar-refractivity contribution in [3.63, 3.8) is 0 Å². The van der Waals surface area contributed by atoms with Gasteiger partial charge in [-0.3, -0.25) is 4.79 Å². The smallest absolute Gasteiger partial charge is 0.328 e. The minimum absolute atomic E-state index is 0.141. The molecule has 0 bridgehead atoms. The Labute approximate surface area is 113 Å². The van der Waals surface area contributed by atoms with Gasteiger partial charge in [-0.15, -0.1) is 11.3 Å². The van der Waals surface area contributed by atoms with Gasteiger partial charge in [-0.05, 0) is 11.4 Å². The zero-order chi connectivity index (χ0) is 13.8. The van der Waals surface area contributed by atoms with Crippen molar-refractivity contribution in [1.29, 1.82) is 0 Å². The zero-order valence-corrected chi connectivity index (χ0v) is 11.1. The number of carbonyl (C=O) groups is 2. The maximum absolute atomic E-state index is 11.1. The molecule has 0 aliphatic rings. The Hall–Kier alpha value is -2.15. The van der Waals surface area contributed by atoms with E-state index in [2.05, 4.69) is 10.3 Å². The molecule has 2 N–H and O–H groups in total. The Bertz CT molecular complexity index is 577. The first-order valence-electron chi connectivity index (χ1n) is 5.63. The van der Waals surface area contributed by atoms with Gasteiger partial charge in [-0.1, -0.05) is 6.07 Å². The second kappa shape index (κ2) is 5.66. The van der Waals surface area contributed by atoms with Crippen LogP contribution in [0.2, 0.25) is 0 Å². The number of nitrogens with zero attached hydrogens (tertiary/aromatic N) is 2. The summed E-state index contributed by atoms with van der Waals surface area (Å²) in [5.74, 6) is -0.738. The zero-order valence-electron chi connectivity index (χ0n) is 10.2. The van der Waals surface area contributed by atoms with Gasteiger partial charge in [0.25, 0.3) is 0 Å². The van der Waals surface area contributed by atoms with Crippen LogP contribution >= 0.6 is 11.3 Å². The number of hydrogen-bond acceptors (Lipinski definition) is 4. The van der Waals surface area contributed by atoms with E-state index in [9.17, 15) is 9.59 Å². The minimum atomic E-state index is -1.07. The fraction of sp³-hybridized carbons (Fsp3) is 0.250. The number of imidazole rings is 1. The summed E-state index contributed by atoms with van der Waals surface area (Å²) in [6, 6.07) is 2.85. The molecule has 0 fully saturated rings. The van der Waals surface area contributed by atoms with Crippen LogP contribution in [0.5, 0.6) is 0 Å². The van der Waals surface area contributed by atoms with E-state index in [1.807, 2.05) is 17.5 Å². The summed E-state index contributed by atoms with van der Waals surface area (Å²) in [6.07, 6.45) is 3.31. The number of aliphatic carboxylic acids is 1. The number of rotatable bonds is 5. The van der Waals surface area contributed by atoms with Gasteiger partial charge in [0.15, 0.2) is 0 Å². The van der Waals surface area contributed by atoms with E-state index < -0.39 is 12.0 Å². The fourth-order valence-electron chi connectivity index (χ4n) is 1.71. The van der Waals surface area contributed by atoms with Crippen LogP contribution in [0.4, 0.5) is 0 Å². The average Bonchev–Trinajstić information content (AvgIpc) is 2.96. The van der Waals surface area contributed by atoms with Gasteiger partial charge in [0.1, 0.15) is 11.9 Å². The Morgan fingerprint density at radius 2 is 2.37 bits per heavy atom. The Morgan fingerprint density at radius 3 is 2.95 bits per heavy atom. The number of hydrogen-bond donors (Lipinski definition) is 2. The second-order valence-electron chi connectivity index (χ2n) is 3.97. The summed E-state index contributed by atoms with van der Waals surface area (Å²) in [6.45, 7) is 1.44. The summed E-state index contributed by atoms with van der Waals surface area (Å²) >= 11 is 1.53. The highest BCUT2D eigenvalue weighted by molar-refractivity contribution is 7.13. The second-order valence-corrected chi connectivity index (χ2v) is 4.92. The summed E-state index contributed by atoms with van der Waals surface area (Å²) in [7, 11) is 0. The first kappa shape index (κ1) is 13.3. The Morgan fingerprint density at radius 1 is 1.58 bits per heavy atom. The molecule has 0 saturated heterocycles. The molecule has 0 aliphatic heterocycles. The molecule has 7 heteroatoms. The third-order valence-corrected chi connectivity index (χ3v) is 3.38. The van der Waals surface area contributed by atoms with Gasteiger partial charge in [0.05, 0.1) is 11.4 Å². The molecule has 0 aliphatic carbocycles. The van der Waals surface area contributed by atoms with Crippen molar-refractivity contribution in [3.05, 3.63) is 29.9 Å². The van der Waals surface area contributed by atoms with Gasteiger partial charge in [-0.25, -0.2) is 9.78 Å². The summed E-state index contributed by atoms with van der Waals surface area (Å²) in [4.78, 5) is 27.3. The van der Waals surface area contributed by atoms with Gasteiger partial charge >= 0.3 is 5.97 Å². The quantitative estimate of drug-likeness (QED) is 0.861. The van der Waals surface area contributed by atoms with E-state index in [0.717, 1.165) is 4.88 Å². The number of aromatic nitrogens is 2. The number of carbonyl (C=O) groups excluding carboxylic acids is 1. The molecule has 2 aromatic rings. The number of thiophene rings is 1. The third kappa shape index (κ3) is 3.19. The molecular formula is C12H13N3O3S. The number of nitrogens with one attached hydrogen (secondary N) is 1. The predicted molar refractivity (Wildman–Crippen MR) is 70.8 cm³/mol. The predicted octanol–water partition coefficient (Wildman–Crippen LogP) is 1.20. The first-order valence-corrected chi connectivity index (χ1v) is 6.51. The molecular weight excluding hydrogens is 266 g/mol. The molecule has 1 atom stereocenters. The van der Waals surface area contributed by atoms with Crippen molar-refractivity contribution in [2.45, 2.75) is 19.5 Å². The van der Waals surface area contributed by atoms with Crippen molar-refractivity contribution >= 4 is 23.2 Å². The van der Waals surface area contributed by atoms with Crippen molar-refractivity contribution in [2.24, 2.45) is 0 Å². The first-order chi connectivity index (χ1) is 9.08. The number of amides is 1. The van der Waals surface area contributed by atoms with Gasteiger partial charge < -0.3 is 15.0 Å². The van der Waals surface area contributed by atoms with E-state index in [1.165, 1.54) is 18.3 Å². The molecule has 2 rings (SSSR count). The normalized spacial score (nSPS) is 12.1. The summed E-state index contributed by atoms with van der Waals surface area (Å²) in [5, 5.41) is 13.4. The molecule has 0 saturated carbocycles. The average molecular weight is 279 g/mol. The lowest BCUT2D eigenvalue weighted by molar-refractivity contribution is -0.141. The number of carboxylic acid groups (broad SMARTS) is 1. The lowest BCUT2D eigenvalue weighted by Crippen LogP contribution is -2.42. The fourth-order valence-corrected chi connectivity index (χ4v) is 2.45. The molecule has 100 valence electrons. The summed E-state index contributed by atoms with van der Waals surface area (Å²) in [5.41, 5.74) is 0.